The number of amides is 1. The summed E-state index contributed by atoms with van der Waals surface area (Å²) >= 11 is 0. The van der Waals surface area contributed by atoms with E-state index in [1.807, 2.05) is 6.07 Å². The van der Waals surface area contributed by atoms with Crippen molar-refractivity contribution in [3.05, 3.63) is 53.6 Å². The largest absolute Gasteiger partial charge is 0.481 e. The molecule has 7 heteroatoms. The van der Waals surface area contributed by atoms with Gasteiger partial charge >= 0.3 is 5.97 Å². The number of hydrogen-bond donors (Lipinski definition) is 3. The predicted octanol–water partition coefficient (Wildman–Crippen LogP) is 2.01. The van der Waals surface area contributed by atoms with Gasteiger partial charge in [0.2, 0.25) is 5.78 Å². The molecule has 1 aromatic carbocycles. The second kappa shape index (κ2) is 7.29. The van der Waals surface area contributed by atoms with E-state index < -0.39 is 11.9 Å². The fourth-order valence-electron chi connectivity index (χ4n) is 3.11. The Kier molecular flexibility index (Phi) is 4.92. The number of imidazole rings is 1. The third-order valence-corrected chi connectivity index (χ3v) is 4.53. The van der Waals surface area contributed by atoms with E-state index >= 15 is 0 Å². The molecule has 0 atom stereocenters. The van der Waals surface area contributed by atoms with Gasteiger partial charge in [-0.15, -0.1) is 0 Å². The molecular weight excluding hydrogens is 322 g/mol. The van der Waals surface area contributed by atoms with Crippen molar-refractivity contribution in [3.63, 3.8) is 0 Å². The molecule has 25 heavy (non-hydrogen) atoms. The van der Waals surface area contributed by atoms with Crippen molar-refractivity contribution in [2.45, 2.75) is 31.7 Å². The van der Waals surface area contributed by atoms with Crippen LogP contribution in [-0.4, -0.2) is 38.8 Å². The molecule has 1 aliphatic carbocycles. The molecule has 0 spiro atoms. The normalized spacial score (nSPS) is 20.0. The van der Waals surface area contributed by atoms with Crippen molar-refractivity contribution in [1.82, 2.24) is 15.3 Å². The molecule has 0 saturated heterocycles. The molecule has 1 heterocycles. The number of carbonyl (C=O) groups is 3. The van der Waals surface area contributed by atoms with E-state index in [0.29, 0.717) is 31.2 Å². The molecule has 3 rings (SSSR count). The Bertz CT molecular complexity index is 777. The number of aromatic amines is 1. The maximum absolute atomic E-state index is 12.5. The number of rotatable bonds is 5. The van der Waals surface area contributed by atoms with Crippen LogP contribution in [0.25, 0.3) is 0 Å². The van der Waals surface area contributed by atoms with Crippen molar-refractivity contribution >= 4 is 17.7 Å². The van der Waals surface area contributed by atoms with Gasteiger partial charge in [0.1, 0.15) is 11.4 Å². The van der Waals surface area contributed by atoms with E-state index in [9.17, 15) is 14.4 Å². The highest BCUT2D eigenvalue weighted by Gasteiger charge is 2.28. The average Bonchev–Trinajstić information content (AvgIpc) is 3.12. The van der Waals surface area contributed by atoms with Gasteiger partial charge in [0.25, 0.3) is 5.91 Å². The highest BCUT2D eigenvalue weighted by Crippen LogP contribution is 2.24. The van der Waals surface area contributed by atoms with Crippen molar-refractivity contribution in [2.24, 2.45) is 5.92 Å². The summed E-state index contributed by atoms with van der Waals surface area (Å²) in [5.74, 6) is -1.83. The second-order valence-corrected chi connectivity index (χ2v) is 6.18. The molecule has 2 aromatic rings. The summed E-state index contributed by atoms with van der Waals surface area (Å²) < 4.78 is 0. The number of carbonyl (C=O) groups excluding carboxylic acids is 2. The van der Waals surface area contributed by atoms with E-state index in [1.54, 1.807) is 24.3 Å². The fraction of sp³-hybridized carbons (Fsp3) is 0.333. The van der Waals surface area contributed by atoms with Crippen molar-refractivity contribution < 1.29 is 19.5 Å². The van der Waals surface area contributed by atoms with Gasteiger partial charge < -0.3 is 15.4 Å². The molecule has 0 unspecified atom stereocenters. The highest BCUT2D eigenvalue weighted by molar-refractivity contribution is 6.13. The Morgan fingerprint density at radius 1 is 1.08 bits per heavy atom. The van der Waals surface area contributed by atoms with E-state index in [1.165, 1.54) is 6.33 Å². The number of H-pyrrole nitrogens is 1. The van der Waals surface area contributed by atoms with Crippen molar-refractivity contribution in [2.75, 3.05) is 0 Å². The molecule has 1 aliphatic rings. The summed E-state index contributed by atoms with van der Waals surface area (Å²) in [6.07, 6.45) is 3.63. The number of aliphatic carboxylic acids is 1. The maximum Gasteiger partial charge on any atom is 0.306 e. The first-order chi connectivity index (χ1) is 12.1. The number of hydrogen-bond acceptors (Lipinski definition) is 4. The van der Waals surface area contributed by atoms with E-state index in [0.717, 1.165) is 0 Å². The lowest BCUT2D eigenvalue weighted by molar-refractivity contribution is -0.142. The Hall–Kier alpha value is -2.96. The topological polar surface area (TPSA) is 112 Å². The number of ketones is 1. The Morgan fingerprint density at radius 2 is 1.76 bits per heavy atom. The lowest BCUT2D eigenvalue weighted by Gasteiger charge is -2.26. The first-order valence-corrected chi connectivity index (χ1v) is 8.23. The van der Waals surface area contributed by atoms with Crippen LogP contribution < -0.4 is 5.32 Å². The van der Waals surface area contributed by atoms with Crippen LogP contribution in [-0.2, 0) is 4.79 Å². The number of nitrogens with one attached hydrogen (secondary N) is 2. The minimum atomic E-state index is -0.783. The first kappa shape index (κ1) is 16.9. The van der Waals surface area contributed by atoms with Gasteiger partial charge in [-0.25, -0.2) is 4.98 Å². The third-order valence-electron chi connectivity index (χ3n) is 4.53. The molecule has 1 aromatic heterocycles. The zero-order chi connectivity index (χ0) is 17.8. The Labute approximate surface area is 144 Å². The van der Waals surface area contributed by atoms with Crippen molar-refractivity contribution in [1.29, 1.82) is 0 Å². The molecule has 0 radical (unpaired) electrons. The summed E-state index contributed by atoms with van der Waals surface area (Å²) in [6, 6.07) is 8.56. The molecule has 7 nitrogen and oxygen atoms in total. The minimum Gasteiger partial charge on any atom is -0.481 e. The lowest BCUT2D eigenvalue weighted by atomic mass is 9.86. The van der Waals surface area contributed by atoms with Crippen LogP contribution in [0.5, 0.6) is 0 Å². The third kappa shape index (κ3) is 3.76. The van der Waals surface area contributed by atoms with Gasteiger partial charge in [0, 0.05) is 11.6 Å². The monoisotopic (exact) mass is 341 g/mol. The Balaban J connectivity index is 1.67. The van der Waals surface area contributed by atoms with Gasteiger partial charge in [-0.05, 0) is 25.7 Å². The fourth-order valence-corrected chi connectivity index (χ4v) is 3.11. The highest BCUT2D eigenvalue weighted by atomic mass is 16.4. The quantitative estimate of drug-likeness (QED) is 0.720. The molecule has 0 bridgehead atoms. The van der Waals surface area contributed by atoms with Crippen molar-refractivity contribution in [3.8, 4) is 0 Å². The summed E-state index contributed by atoms with van der Waals surface area (Å²) in [4.78, 5) is 42.7. The summed E-state index contributed by atoms with van der Waals surface area (Å²) in [6.45, 7) is 0. The maximum atomic E-state index is 12.5. The summed E-state index contributed by atoms with van der Waals surface area (Å²) in [7, 11) is 0. The zero-order valence-corrected chi connectivity index (χ0v) is 13.6. The molecule has 1 fully saturated rings. The molecule has 0 aliphatic heterocycles. The number of benzene rings is 1. The number of carboxylic acid groups (broad SMARTS) is 1. The zero-order valence-electron chi connectivity index (χ0n) is 13.6. The number of aromatic nitrogens is 2. The van der Waals surface area contributed by atoms with Crippen LogP contribution in [0.1, 0.15) is 52.2 Å². The van der Waals surface area contributed by atoms with Gasteiger partial charge in [-0.3, -0.25) is 14.4 Å². The average molecular weight is 341 g/mol. The van der Waals surface area contributed by atoms with Gasteiger partial charge in [-0.2, -0.15) is 0 Å². The van der Waals surface area contributed by atoms with Crippen LogP contribution in [0, 0.1) is 5.92 Å². The predicted molar refractivity (Wildman–Crippen MR) is 89.3 cm³/mol. The molecule has 3 N–H and O–H groups in total. The van der Waals surface area contributed by atoms with Gasteiger partial charge in [-0.1, -0.05) is 30.3 Å². The van der Waals surface area contributed by atoms with Gasteiger partial charge in [0.15, 0.2) is 0 Å². The van der Waals surface area contributed by atoms with E-state index in [2.05, 4.69) is 15.3 Å². The molecule has 130 valence electrons. The smallest absolute Gasteiger partial charge is 0.306 e. The first-order valence-electron chi connectivity index (χ1n) is 8.23. The van der Waals surface area contributed by atoms with Gasteiger partial charge in [0.05, 0.1) is 12.2 Å². The van der Waals surface area contributed by atoms with Crippen LogP contribution in [0.15, 0.2) is 36.7 Å². The second-order valence-electron chi connectivity index (χ2n) is 6.18. The Morgan fingerprint density at radius 3 is 2.40 bits per heavy atom. The standard InChI is InChI=1S/C18H19N3O4/c22-16(11-4-2-1-3-5-11)14-15(20-10-19-14)17(23)21-13-8-6-12(7-9-13)18(24)25/h1-5,10,12-13H,6-9H2,(H,19,20)(H,21,23)(H,24,25). The summed E-state index contributed by atoms with van der Waals surface area (Å²) in [5.41, 5.74) is 0.683. The van der Waals surface area contributed by atoms with E-state index in [4.69, 9.17) is 5.11 Å². The van der Waals surface area contributed by atoms with Crippen LogP contribution in [0.2, 0.25) is 0 Å². The molecule has 1 saturated carbocycles. The van der Waals surface area contributed by atoms with E-state index in [-0.39, 0.29) is 29.1 Å². The summed E-state index contributed by atoms with van der Waals surface area (Å²) in [5, 5.41) is 11.9. The van der Waals surface area contributed by atoms with Crippen LogP contribution in [0.4, 0.5) is 0 Å². The molecular formula is C18H19N3O4. The SMILES string of the molecule is O=C(c1ccccc1)c1nc[nH]c1C(=O)NC1CCC(C(=O)O)CC1. The number of carboxylic acids is 1. The molecule has 1 amide bonds. The lowest BCUT2D eigenvalue weighted by Crippen LogP contribution is -2.39. The minimum absolute atomic E-state index is 0.0860. The number of nitrogens with zero attached hydrogens (tertiary/aromatic N) is 1. The van der Waals surface area contributed by atoms with Crippen LogP contribution in [0.3, 0.4) is 0 Å². The van der Waals surface area contributed by atoms with Crippen LogP contribution >= 0.6 is 0 Å².